The van der Waals surface area contributed by atoms with E-state index in [0.717, 1.165) is 0 Å². The van der Waals surface area contributed by atoms with Crippen LogP contribution in [0.15, 0.2) is 52.6 Å². The van der Waals surface area contributed by atoms with Crippen molar-refractivity contribution in [3.05, 3.63) is 58.8 Å². The minimum absolute atomic E-state index is 0.0575. The molecule has 0 saturated heterocycles. The molecule has 1 fully saturated rings. The van der Waals surface area contributed by atoms with Crippen LogP contribution in [-0.4, -0.2) is 35.6 Å². The van der Waals surface area contributed by atoms with Gasteiger partial charge in [0.05, 0.1) is 6.33 Å². The molecule has 2 unspecified atom stereocenters. The number of nitrogens with one attached hydrogen (secondary N) is 1. The number of alkyl halides is 2. The van der Waals surface area contributed by atoms with Crippen LogP contribution in [-0.2, 0) is 6.54 Å². The first-order chi connectivity index (χ1) is 15.8. The number of H-pyrrole nitrogens is 1. The minimum Gasteiger partial charge on any atom is -0.327 e. The van der Waals surface area contributed by atoms with E-state index in [2.05, 4.69) is 36.2 Å². The first-order valence-electron chi connectivity index (χ1n) is 10.4. The van der Waals surface area contributed by atoms with E-state index in [1.807, 2.05) is 6.07 Å². The lowest BCUT2D eigenvalue weighted by Gasteiger charge is -2.34. The summed E-state index contributed by atoms with van der Waals surface area (Å²) in [5, 5.41) is 4.16. The van der Waals surface area contributed by atoms with Gasteiger partial charge in [-0.05, 0) is 30.9 Å². The van der Waals surface area contributed by atoms with Crippen LogP contribution in [0.1, 0.15) is 19.3 Å². The summed E-state index contributed by atoms with van der Waals surface area (Å²) < 4.78 is 35.4. The molecule has 1 saturated carbocycles. The van der Waals surface area contributed by atoms with E-state index in [4.69, 9.17) is 11.6 Å². The number of rotatable bonds is 5. The maximum Gasteiger partial charge on any atom is 0.439 e. The fraction of sp³-hybridized carbons (Fsp3) is 0.318. The van der Waals surface area contributed by atoms with Crippen LogP contribution in [0.3, 0.4) is 0 Å². The third-order valence-electron chi connectivity index (χ3n) is 5.95. The van der Waals surface area contributed by atoms with Gasteiger partial charge in [-0.1, -0.05) is 35.0 Å². The molecular formula is C22H19ClF2N6O2. The summed E-state index contributed by atoms with van der Waals surface area (Å²) in [6, 6.07) is 7.07. The topological polar surface area (TPSA) is 102 Å². The predicted molar refractivity (Wildman–Crippen MR) is 118 cm³/mol. The van der Waals surface area contributed by atoms with Crippen molar-refractivity contribution in [1.29, 1.82) is 0 Å². The van der Waals surface area contributed by atoms with E-state index >= 15 is 0 Å². The number of nitrogens with zero attached hydrogens (tertiary/aromatic N) is 5. The highest BCUT2D eigenvalue weighted by Crippen LogP contribution is 2.43. The van der Waals surface area contributed by atoms with Gasteiger partial charge in [0.15, 0.2) is 5.65 Å². The molecule has 1 aromatic carbocycles. The van der Waals surface area contributed by atoms with E-state index in [9.17, 15) is 13.6 Å². The van der Waals surface area contributed by atoms with Crippen molar-refractivity contribution < 1.29 is 13.3 Å². The molecule has 3 heterocycles. The molecule has 1 N–H and O–H groups in total. The second kappa shape index (κ2) is 8.18. The zero-order chi connectivity index (χ0) is 23.2. The summed E-state index contributed by atoms with van der Waals surface area (Å²) in [5.74, 6) is -4.40. The zero-order valence-corrected chi connectivity index (χ0v) is 18.1. The molecule has 5 rings (SSSR count). The number of hydrogen-bond acceptors (Lipinski definition) is 6. The normalized spacial score (nSPS) is 20.2. The second-order valence-corrected chi connectivity index (χ2v) is 8.61. The highest BCUT2D eigenvalue weighted by Gasteiger charge is 2.43. The van der Waals surface area contributed by atoms with Gasteiger partial charge >= 0.3 is 5.76 Å². The highest BCUT2D eigenvalue weighted by atomic mass is 35.5. The number of allylic oxidation sites excluding steroid dienone is 1. The number of aromatic nitrogens is 6. The minimum atomic E-state index is -2.79. The van der Waals surface area contributed by atoms with Crippen molar-refractivity contribution in [2.24, 2.45) is 11.8 Å². The highest BCUT2D eigenvalue weighted by molar-refractivity contribution is 6.30. The molecule has 2 atom stereocenters. The summed E-state index contributed by atoms with van der Waals surface area (Å²) in [7, 11) is 0. The molecule has 8 nitrogen and oxygen atoms in total. The molecule has 0 bridgehead atoms. The maximum atomic E-state index is 14.5. The Morgan fingerprint density at radius 2 is 2.18 bits per heavy atom. The van der Waals surface area contributed by atoms with Gasteiger partial charge in [-0.2, -0.15) is 0 Å². The van der Waals surface area contributed by atoms with Gasteiger partial charge in [0.2, 0.25) is 11.6 Å². The Bertz CT molecular complexity index is 1400. The molecule has 170 valence electrons. The first-order valence-corrected chi connectivity index (χ1v) is 10.8. The monoisotopic (exact) mass is 472 g/mol. The Labute approximate surface area is 191 Å². The molecule has 0 amide bonds. The van der Waals surface area contributed by atoms with E-state index in [1.54, 1.807) is 29.1 Å². The Balaban J connectivity index is 1.60. The molecule has 4 aromatic rings. The van der Waals surface area contributed by atoms with Gasteiger partial charge in [0.1, 0.15) is 11.2 Å². The molecule has 0 spiro atoms. The largest absolute Gasteiger partial charge is 0.439 e. The third-order valence-corrected chi connectivity index (χ3v) is 6.19. The van der Waals surface area contributed by atoms with Gasteiger partial charge in [-0.15, -0.1) is 6.58 Å². The van der Waals surface area contributed by atoms with Crippen LogP contribution in [0.4, 0.5) is 8.78 Å². The van der Waals surface area contributed by atoms with Crippen LogP contribution in [0.2, 0.25) is 5.02 Å². The van der Waals surface area contributed by atoms with Gasteiger partial charge in [-0.25, -0.2) is 28.5 Å². The van der Waals surface area contributed by atoms with E-state index in [0.29, 0.717) is 46.8 Å². The first kappa shape index (κ1) is 21.4. The van der Waals surface area contributed by atoms with E-state index < -0.39 is 17.6 Å². The Morgan fingerprint density at radius 1 is 1.33 bits per heavy atom. The summed E-state index contributed by atoms with van der Waals surface area (Å²) in [5.41, 5.74) is 2.10. The Hall–Kier alpha value is -3.40. The van der Waals surface area contributed by atoms with Crippen LogP contribution >= 0.6 is 11.6 Å². The molecule has 1 aliphatic rings. The summed E-state index contributed by atoms with van der Waals surface area (Å²) >= 11 is 6.20. The number of halogens is 3. The summed E-state index contributed by atoms with van der Waals surface area (Å²) in [6.45, 7) is 3.89. The smallest absolute Gasteiger partial charge is 0.327 e. The predicted octanol–water partition coefficient (Wildman–Crippen LogP) is 4.73. The third kappa shape index (κ3) is 4.06. The van der Waals surface area contributed by atoms with Gasteiger partial charge in [0.25, 0.3) is 5.92 Å². The number of fused-ring (bicyclic) bond motifs is 1. The van der Waals surface area contributed by atoms with Crippen LogP contribution in [0.5, 0.6) is 0 Å². The lowest BCUT2D eigenvalue weighted by Crippen LogP contribution is -2.36. The summed E-state index contributed by atoms with van der Waals surface area (Å²) in [4.78, 5) is 27.2. The van der Waals surface area contributed by atoms with Gasteiger partial charge in [0, 0.05) is 29.5 Å². The SMILES string of the molecule is C=CC1CCC(Cn2cnc3nc(-c4noc(=O)[nH]4)nc(-c4cccc(Cl)c4)c32)CC1(F)F. The lowest BCUT2D eigenvalue weighted by atomic mass is 9.79. The Morgan fingerprint density at radius 3 is 2.88 bits per heavy atom. The standard InChI is InChI=1S/C22H19ClF2N6O2/c1-2-14-7-6-12(9-22(14,24)25)10-31-11-26-18-17(31)16(13-4-3-5-15(23)8-13)27-19(28-18)20-29-21(32)33-30-20/h2-5,8,11-12,14H,1,6-7,9-10H2,(H,29,30,32). The maximum absolute atomic E-state index is 14.5. The van der Waals surface area contributed by atoms with Crippen molar-refractivity contribution in [2.45, 2.75) is 31.7 Å². The fourth-order valence-corrected chi connectivity index (χ4v) is 4.57. The van der Waals surface area contributed by atoms with Crippen molar-refractivity contribution in [3.8, 4) is 22.9 Å². The van der Waals surface area contributed by atoms with E-state index in [1.165, 1.54) is 6.08 Å². The Kier molecular flexibility index (Phi) is 5.32. The summed E-state index contributed by atoms with van der Waals surface area (Å²) in [6.07, 6.45) is 3.73. The molecular weight excluding hydrogens is 454 g/mol. The molecule has 1 aliphatic carbocycles. The number of benzene rings is 1. The molecule has 3 aromatic heterocycles. The van der Waals surface area contributed by atoms with Crippen molar-refractivity contribution in [3.63, 3.8) is 0 Å². The quantitative estimate of drug-likeness (QED) is 0.421. The molecule has 0 aliphatic heterocycles. The molecule has 11 heteroatoms. The second-order valence-electron chi connectivity index (χ2n) is 8.17. The molecule has 33 heavy (non-hydrogen) atoms. The average molecular weight is 473 g/mol. The number of imidazole rings is 1. The van der Waals surface area contributed by atoms with E-state index in [-0.39, 0.29) is 24.0 Å². The number of hydrogen-bond donors (Lipinski definition) is 1. The zero-order valence-electron chi connectivity index (χ0n) is 17.3. The fourth-order valence-electron chi connectivity index (χ4n) is 4.38. The number of aromatic amines is 1. The van der Waals surface area contributed by atoms with Crippen LogP contribution in [0.25, 0.3) is 34.1 Å². The van der Waals surface area contributed by atoms with Crippen molar-refractivity contribution in [1.82, 2.24) is 29.7 Å². The van der Waals surface area contributed by atoms with Crippen molar-refractivity contribution in [2.75, 3.05) is 0 Å². The van der Waals surface area contributed by atoms with Gasteiger partial charge < -0.3 is 4.57 Å². The lowest BCUT2D eigenvalue weighted by molar-refractivity contribution is -0.0866. The molecule has 0 radical (unpaired) electrons. The van der Waals surface area contributed by atoms with Crippen molar-refractivity contribution >= 4 is 22.8 Å². The average Bonchev–Trinajstić information content (AvgIpc) is 3.39. The van der Waals surface area contributed by atoms with Crippen LogP contribution < -0.4 is 5.76 Å². The van der Waals surface area contributed by atoms with Gasteiger partial charge in [-0.3, -0.25) is 9.51 Å². The van der Waals surface area contributed by atoms with Crippen LogP contribution in [0, 0.1) is 11.8 Å².